The number of rotatable bonds is 6. The molecular weight excluding hydrogens is 238 g/mol. The minimum Gasteiger partial charge on any atom is -0.376 e. The molecule has 1 rings (SSSR count). The van der Waals surface area contributed by atoms with Crippen LogP contribution < -0.4 is 5.32 Å². The fourth-order valence-electron chi connectivity index (χ4n) is 1.92. The summed E-state index contributed by atoms with van der Waals surface area (Å²) in [6, 6.07) is 0. The SMILES string of the molecule is CC(C)(CCl)C(=O)NCCOC1CCCCC1. The average molecular weight is 262 g/mol. The van der Waals surface area contributed by atoms with Gasteiger partial charge in [0, 0.05) is 12.4 Å². The van der Waals surface area contributed by atoms with Gasteiger partial charge >= 0.3 is 0 Å². The largest absolute Gasteiger partial charge is 0.376 e. The van der Waals surface area contributed by atoms with Gasteiger partial charge in [-0.15, -0.1) is 11.6 Å². The van der Waals surface area contributed by atoms with Gasteiger partial charge in [-0.3, -0.25) is 4.79 Å². The number of hydrogen-bond donors (Lipinski definition) is 1. The molecule has 0 bridgehead atoms. The van der Waals surface area contributed by atoms with Crippen molar-refractivity contribution in [3.8, 4) is 0 Å². The van der Waals surface area contributed by atoms with E-state index >= 15 is 0 Å². The van der Waals surface area contributed by atoms with E-state index in [0.717, 1.165) is 0 Å². The molecule has 0 radical (unpaired) electrons. The molecule has 17 heavy (non-hydrogen) atoms. The fraction of sp³-hybridized carbons (Fsp3) is 0.923. The summed E-state index contributed by atoms with van der Waals surface area (Å²) in [5, 5.41) is 2.87. The molecule has 0 heterocycles. The van der Waals surface area contributed by atoms with Gasteiger partial charge in [0.15, 0.2) is 0 Å². The quantitative estimate of drug-likeness (QED) is 0.590. The number of hydrogen-bond acceptors (Lipinski definition) is 2. The lowest BCUT2D eigenvalue weighted by atomic mass is 9.95. The number of alkyl halides is 1. The van der Waals surface area contributed by atoms with Crippen LogP contribution in [0.2, 0.25) is 0 Å². The Hall–Kier alpha value is -0.280. The van der Waals surface area contributed by atoms with Crippen LogP contribution in [0.15, 0.2) is 0 Å². The molecule has 1 aliphatic carbocycles. The van der Waals surface area contributed by atoms with Crippen LogP contribution >= 0.6 is 11.6 Å². The molecule has 0 saturated heterocycles. The molecule has 0 aromatic carbocycles. The Morgan fingerprint density at radius 2 is 2.00 bits per heavy atom. The molecule has 0 aromatic rings. The zero-order chi connectivity index (χ0) is 12.7. The predicted octanol–water partition coefficient (Wildman–Crippen LogP) is 2.72. The van der Waals surface area contributed by atoms with Crippen molar-refractivity contribution in [2.75, 3.05) is 19.0 Å². The zero-order valence-electron chi connectivity index (χ0n) is 10.9. The Morgan fingerprint density at radius 3 is 2.59 bits per heavy atom. The van der Waals surface area contributed by atoms with Crippen LogP contribution in [-0.4, -0.2) is 31.0 Å². The van der Waals surface area contributed by atoms with Crippen molar-refractivity contribution in [3.05, 3.63) is 0 Å². The smallest absolute Gasteiger partial charge is 0.226 e. The topological polar surface area (TPSA) is 38.3 Å². The molecule has 3 nitrogen and oxygen atoms in total. The maximum Gasteiger partial charge on any atom is 0.226 e. The number of ether oxygens (including phenoxy) is 1. The number of amides is 1. The Bertz CT molecular complexity index is 238. The van der Waals surface area contributed by atoms with Crippen molar-refractivity contribution in [1.82, 2.24) is 5.32 Å². The standard InChI is InChI=1S/C13H24ClNO2/c1-13(2,10-14)12(16)15-8-9-17-11-6-4-3-5-7-11/h11H,3-10H2,1-2H3,(H,15,16). The Balaban J connectivity index is 2.09. The van der Waals surface area contributed by atoms with Crippen molar-refractivity contribution in [2.45, 2.75) is 52.1 Å². The Morgan fingerprint density at radius 1 is 1.35 bits per heavy atom. The molecule has 4 heteroatoms. The molecule has 100 valence electrons. The first kappa shape index (κ1) is 14.8. The van der Waals surface area contributed by atoms with Gasteiger partial charge in [0.05, 0.1) is 18.1 Å². The highest BCUT2D eigenvalue weighted by atomic mass is 35.5. The lowest BCUT2D eigenvalue weighted by molar-refractivity contribution is -0.128. The van der Waals surface area contributed by atoms with Gasteiger partial charge in [0.25, 0.3) is 0 Å². The van der Waals surface area contributed by atoms with Crippen LogP contribution in [0.3, 0.4) is 0 Å². The average Bonchev–Trinajstić information content (AvgIpc) is 2.35. The van der Waals surface area contributed by atoms with E-state index in [4.69, 9.17) is 16.3 Å². The van der Waals surface area contributed by atoms with E-state index in [2.05, 4.69) is 5.32 Å². The van der Waals surface area contributed by atoms with Crippen LogP contribution in [0.4, 0.5) is 0 Å². The molecule has 0 atom stereocenters. The Kier molecular flexibility index (Phi) is 6.28. The first-order chi connectivity index (χ1) is 8.06. The maximum atomic E-state index is 11.7. The van der Waals surface area contributed by atoms with E-state index in [1.165, 1.54) is 32.1 Å². The van der Waals surface area contributed by atoms with E-state index in [9.17, 15) is 4.79 Å². The van der Waals surface area contributed by atoms with Gasteiger partial charge in [0.2, 0.25) is 5.91 Å². The lowest BCUT2D eigenvalue weighted by Crippen LogP contribution is -2.40. The van der Waals surface area contributed by atoms with Crippen molar-refractivity contribution in [2.24, 2.45) is 5.41 Å². The van der Waals surface area contributed by atoms with Crippen LogP contribution in [-0.2, 0) is 9.53 Å². The summed E-state index contributed by atoms with van der Waals surface area (Å²) >= 11 is 5.73. The lowest BCUT2D eigenvalue weighted by Gasteiger charge is -2.23. The van der Waals surface area contributed by atoms with E-state index in [1.54, 1.807) is 0 Å². The van der Waals surface area contributed by atoms with Crippen molar-refractivity contribution in [3.63, 3.8) is 0 Å². The Labute approximate surface area is 109 Å². The third-order valence-electron chi connectivity index (χ3n) is 3.24. The maximum absolute atomic E-state index is 11.7. The highest BCUT2D eigenvalue weighted by molar-refractivity contribution is 6.19. The van der Waals surface area contributed by atoms with Gasteiger partial charge in [-0.05, 0) is 26.7 Å². The summed E-state index contributed by atoms with van der Waals surface area (Å²) in [5.74, 6) is 0.335. The van der Waals surface area contributed by atoms with E-state index < -0.39 is 5.41 Å². The number of nitrogens with one attached hydrogen (secondary N) is 1. The van der Waals surface area contributed by atoms with Gasteiger partial charge in [0.1, 0.15) is 0 Å². The molecule has 1 aliphatic rings. The molecule has 0 aromatic heterocycles. The molecule has 1 fully saturated rings. The molecule has 0 aliphatic heterocycles. The number of halogens is 1. The van der Waals surface area contributed by atoms with E-state index in [1.807, 2.05) is 13.8 Å². The van der Waals surface area contributed by atoms with Crippen LogP contribution in [0.1, 0.15) is 46.0 Å². The van der Waals surface area contributed by atoms with Gasteiger partial charge < -0.3 is 10.1 Å². The highest BCUT2D eigenvalue weighted by Crippen LogP contribution is 2.20. The zero-order valence-corrected chi connectivity index (χ0v) is 11.7. The first-order valence-electron chi connectivity index (χ1n) is 6.52. The second-order valence-corrected chi connectivity index (χ2v) is 5.67. The summed E-state index contributed by atoms with van der Waals surface area (Å²) in [6.07, 6.45) is 6.62. The van der Waals surface area contributed by atoms with E-state index in [0.29, 0.717) is 25.1 Å². The minimum atomic E-state index is -0.494. The van der Waals surface area contributed by atoms with E-state index in [-0.39, 0.29) is 5.91 Å². The van der Waals surface area contributed by atoms with Gasteiger partial charge in [-0.25, -0.2) is 0 Å². The number of carbonyl (C=O) groups excluding carboxylic acids is 1. The molecular formula is C13H24ClNO2. The van der Waals surface area contributed by atoms with Gasteiger partial charge in [-0.1, -0.05) is 19.3 Å². The first-order valence-corrected chi connectivity index (χ1v) is 7.05. The second kappa shape index (κ2) is 7.22. The van der Waals surface area contributed by atoms with Crippen molar-refractivity contribution < 1.29 is 9.53 Å². The van der Waals surface area contributed by atoms with Crippen molar-refractivity contribution >= 4 is 17.5 Å². The van der Waals surface area contributed by atoms with Gasteiger partial charge in [-0.2, -0.15) is 0 Å². The third-order valence-corrected chi connectivity index (χ3v) is 3.91. The second-order valence-electron chi connectivity index (χ2n) is 5.40. The molecule has 0 unspecified atom stereocenters. The number of carbonyl (C=O) groups is 1. The third kappa shape index (κ3) is 5.26. The summed E-state index contributed by atoms with van der Waals surface area (Å²) in [5.41, 5.74) is -0.494. The monoisotopic (exact) mass is 261 g/mol. The van der Waals surface area contributed by atoms with Crippen molar-refractivity contribution in [1.29, 1.82) is 0 Å². The summed E-state index contributed by atoms with van der Waals surface area (Å²) < 4.78 is 5.73. The fourth-order valence-corrected chi connectivity index (χ4v) is 2.04. The predicted molar refractivity (Wildman–Crippen MR) is 70.3 cm³/mol. The molecule has 0 spiro atoms. The molecule has 1 N–H and O–H groups in total. The molecule has 1 saturated carbocycles. The minimum absolute atomic E-state index is 0.000237. The summed E-state index contributed by atoms with van der Waals surface area (Å²) in [6.45, 7) is 4.87. The van der Waals surface area contributed by atoms with Crippen LogP contribution in [0.5, 0.6) is 0 Å². The van der Waals surface area contributed by atoms with Crippen LogP contribution in [0.25, 0.3) is 0 Å². The molecule has 1 amide bonds. The highest BCUT2D eigenvalue weighted by Gasteiger charge is 2.25. The normalized spacial score (nSPS) is 18.1. The summed E-state index contributed by atoms with van der Waals surface area (Å²) in [7, 11) is 0. The van der Waals surface area contributed by atoms with Crippen LogP contribution in [0, 0.1) is 5.41 Å². The summed E-state index contributed by atoms with van der Waals surface area (Å²) in [4.78, 5) is 11.7.